The number of hydrogen-bond donors (Lipinski definition) is 0. The molecule has 0 radical (unpaired) electrons. The van der Waals surface area contributed by atoms with Crippen molar-refractivity contribution >= 4 is 21.4 Å². The quantitative estimate of drug-likeness (QED) is 0.521. The van der Waals surface area contributed by atoms with Gasteiger partial charge in [-0.05, 0) is 66.5 Å². The number of benzene rings is 2. The topological polar surface area (TPSA) is 9.23 Å². The SMILES string of the molecule is CC1CCC(C)C(c2ccc(F)c(Cc3cc4ccccc4s3)c2)O1. The van der Waals surface area contributed by atoms with E-state index in [1.54, 1.807) is 17.4 Å². The molecule has 0 saturated carbocycles. The third-order valence-electron chi connectivity index (χ3n) is 5.16. The third kappa shape index (κ3) is 3.49. The summed E-state index contributed by atoms with van der Waals surface area (Å²) in [6.45, 7) is 4.35. The Bertz CT molecular complexity index is 852. The van der Waals surface area contributed by atoms with E-state index >= 15 is 0 Å². The molecule has 1 saturated heterocycles. The van der Waals surface area contributed by atoms with E-state index in [-0.39, 0.29) is 18.0 Å². The summed E-state index contributed by atoms with van der Waals surface area (Å²) >= 11 is 1.75. The smallest absolute Gasteiger partial charge is 0.126 e. The Morgan fingerprint density at radius 1 is 1.08 bits per heavy atom. The molecule has 0 amide bonds. The largest absolute Gasteiger partial charge is 0.370 e. The Hall–Kier alpha value is -1.71. The second-order valence-corrected chi connectivity index (χ2v) is 8.37. The Labute approximate surface area is 152 Å². The van der Waals surface area contributed by atoms with E-state index in [0.29, 0.717) is 12.3 Å². The second-order valence-electron chi connectivity index (χ2n) is 7.20. The van der Waals surface area contributed by atoms with Gasteiger partial charge in [-0.15, -0.1) is 11.3 Å². The first-order valence-electron chi connectivity index (χ1n) is 9.01. The molecule has 1 aromatic heterocycles. The van der Waals surface area contributed by atoms with Gasteiger partial charge in [-0.2, -0.15) is 0 Å². The maximum atomic E-state index is 14.4. The predicted octanol–water partition coefficient (Wildman–Crippen LogP) is 6.51. The van der Waals surface area contributed by atoms with Gasteiger partial charge in [-0.25, -0.2) is 4.39 Å². The zero-order valence-corrected chi connectivity index (χ0v) is 15.5. The van der Waals surface area contributed by atoms with Gasteiger partial charge >= 0.3 is 0 Å². The van der Waals surface area contributed by atoms with E-state index in [1.165, 1.54) is 15.0 Å². The lowest BCUT2D eigenvalue weighted by Gasteiger charge is -2.33. The van der Waals surface area contributed by atoms with Gasteiger partial charge in [0.25, 0.3) is 0 Å². The number of fused-ring (bicyclic) bond motifs is 1. The van der Waals surface area contributed by atoms with Gasteiger partial charge in [0.1, 0.15) is 5.82 Å². The van der Waals surface area contributed by atoms with Gasteiger partial charge in [-0.1, -0.05) is 31.2 Å². The first-order valence-corrected chi connectivity index (χ1v) is 9.83. The van der Waals surface area contributed by atoms with Crippen LogP contribution in [0.1, 0.15) is 48.8 Å². The highest BCUT2D eigenvalue weighted by Gasteiger charge is 2.28. The number of halogens is 1. The minimum Gasteiger partial charge on any atom is -0.370 e. The highest BCUT2D eigenvalue weighted by Crippen LogP contribution is 2.37. The molecule has 3 atom stereocenters. The molecule has 3 heteroatoms. The van der Waals surface area contributed by atoms with E-state index in [1.807, 2.05) is 24.3 Å². The molecule has 2 heterocycles. The minimum atomic E-state index is -0.127. The van der Waals surface area contributed by atoms with Crippen molar-refractivity contribution in [3.8, 4) is 0 Å². The zero-order chi connectivity index (χ0) is 17.4. The van der Waals surface area contributed by atoms with Crippen LogP contribution in [0.3, 0.4) is 0 Å². The normalized spacial score (nSPS) is 23.9. The summed E-state index contributed by atoms with van der Waals surface area (Å²) in [4.78, 5) is 1.20. The van der Waals surface area contributed by atoms with Crippen LogP contribution in [0.4, 0.5) is 4.39 Å². The maximum absolute atomic E-state index is 14.4. The summed E-state index contributed by atoms with van der Waals surface area (Å²) in [5.74, 6) is 0.344. The number of thiophene rings is 1. The highest BCUT2D eigenvalue weighted by molar-refractivity contribution is 7.19. The van der Waals surface area contributed by atoms with Gasteiger partial charge in [0.05, 0.1) is 12.2 Å². The summed E-state index contributed by atoms with van der Waals surface area (Å²) in [5, 5.41) is 1.23. The lowest BCUT2D eigenvalue weighted by molar-refractivity contribution is -0.0722. The molecule has 4 rings (SSSR count). The van der Waals surface area contributed by atoms with Gasteiger partial charge in [0.2, 0.25) is 0 Å². The minimum absolute atomic E-state index is 0.0745. The maximum Gasteiger partial charge on any atom is 0.126 e. The fraction of sp³-hybridized carbons (Fsp3) is 0.364. The zero-order valence-electron chi connectivity index (χ0n) is 14.7. The van der Waals surface area contributed by atoms with Crippen molar-refractivity contribution in [1.29, 1.82) is 0 Å². The van der Waals surface area contributed by atoms with Crippen LogP contribution >= 0.6 is 11.3 Å². The average Bonchev–Trinajstić information content (AvgIpc) is 3.01. The Kier molecular flexibility index (Phi) is 4.61. The lowest BCUT2D eigenvalue weighted by Crippen LogP contribution is -2.26. The molecule has 2 aromatic carbocycles. The summed E-state index contributed by atoms with van der Waals surface area (Å²) < 4.78 is 21.8. The molecule has 3 unspecified atom stereocenters. The van der Waals surface area contributed by atoms with E-state index in [0.717, 1.165) is 24.0 Å². The third-order valence-corrected chi connectivity index (χ3v) is 6.28. The van der Waals surface area contributed by atoms with Gasteiger partial charge in [0.15, 0.2) is 0 Å². The predicted molar refractivity (Wildman–Crippen MR) is 103 cm³/mol. The number of ether oxygens (including phenoxy) is 1. The molecule has 1 nitrogen and oxygen atoms in total. The van der Waals surface area contributed by atoms with Crippen molar-refractivity contribution in [2.24, 2.45) is 5.92 Å². The van der Waals surface area contributed by atoms with Crippen LogP contribution in [-0.2, 0) is 11.2 Å². The van der Waals surface area contributed by atoms with Gasteiger partial charge < -0.3 is 4.74 Å². The van der Waals surface area contributed by atoms with Crippen molar-refractivity contribution in [1.82, 2.24) is 0 Å². The molecular weight excluding hydrogens is 331 g/mol. The fourth-order valence-corrected chi connectivity index (χ4v) is 4.81. The van der Waals surface area contributed by atoms with Crippen molar-refractivity contribution in [3.05, 3.63) is 70.4 Å². The highest BCUT2D eigenvalue weighted by atomic mass is 32.1. The van der Waals surface area contributed by atoms with Crippen LogP contribution in [0.2, 0.25) is 0 Å². The first-order chi connectivity index (χ1) is 12.1. The monoisotopic (exact) mass is 354 g/mol. The van der Waals surface area contributed by atoms with Crippen molar-refractivity contribution in [2.45, 2.75) is 45.3 Å². The molecule has 3 aromatic rings. The first kappa shape index (κ1) is 16.7. The molecule has 25 heavy (non-hydrogen) atoms. The summed E-state index contributed by atoms with van der Waals surface area (Å²) in [6.07, 6.45) is 3.25. The van der Waals surface area contributed by atoms with Crippen molar-refractivity contribution < 1.29 is 9.13 Å². The molecule has 1 aliphatic heterocycles. The van der Waals surface area contributed by atoms with Crippen LogP contribution < -0.4 is 0 Å². The summed E-state index contributed by atoms with van der Waals surface area (Å²) in [7, 11) is 0. The Morgan fingerprint density at radius 2 is 1.92 bits per heavy atom. The Balaban J connectivity index is 1.63. The van der Waals surface area contributed by atoms with Crippen LogP contribution in [0.5, 0.6) is 0 Å². The second kappa shape index (κ2) is 6.89. The lowest BCUT2D eigenvalue weighted by atomic mass is 9.88. The Morgan fingerprint density at radius 3 is 2.76 bits per heavy atom. The van der Waals surface area contributed by atoms with Gasteiger partial charge in [0, 0.05) is 16.0 Å². The molecule has 0 N–H and O–H groups in total. The fourth-order valence-electron chi connectivity index (χ4n) is 3.73. The van der Waals surface area contributed by atoms with E-state index < -0.39 is 0 Å². The average molecular weight is 354 g/mol. The molecular formula is C22H23FOS. The van der Waals surface area contributed by atoms with Crippen LogP contribution in [0.15, 0.2) is 48.5 Å². The van der Waals surface area contributed by atoms with Gasteiger partial charge in [-0.3, -0.25) is 0 Å². The number of rotatable bonds is 3. The number of hydrogen-bond acceptors (Lipinski definition) is 2. The van der Waals surface area contributed by atoms with Crippen LogP contribution in [-0.4, -0.2) is 6.10 Å². The molecule has 0 aliphatic carbocycles. The van der Waals surface area contributed by atoms with E-state index in [4.69, 9.17) is 4.74 Å². The van der Waals surface area contributed by atoms with Crippen molar-refractivity contribution in [2.75, 3.05) is 0 Å². The van der Waals surface area contributed by atoms with Crippen molar-refractivity contribution in [3.63, 3.8) is 0 Å². The van der Waals surface area contributed by atoms with Crippen LogP contribution in [0.25, 0.3) is 10.1 Å². The molecule has 130 valence electrons. The van der Waals surface area contributed by atoms with E-state index in [9.17, 15) is 4.39 Å². The molecule has 0 bridgehead atoms. The summed E-state index contributed by atoms with van der Waals surface area (Å²) in [6, 6.07) is 16.0. The molecule has 1 fully saturated rings. The molecule has 1 aliphatic rings. The van der Waals surface area contributed by atoms with E-state index in [2.05, 4.69) is 32.0 Å². The standard InChI is InChI=1S/C22H23FOS/c1-14-7-8-15(2)24-22(14)17-9-10-20(23)18(11-17)13-19-12-16-5-3-4-6-21(16)25-19/h3-6,9-12,14-15,22H,7-8,13H2,1-2H3. The van der Waals surface area contributed by atoms with Crippen LogP contribution in [0, 0.1) is 11.7 Å². The summed E-state index contributed by atoms with van der Waals surface area (Å²) in [5.41, 5.74) is 1.87. The molecule has 0 spiro atoms.